The second-order valence-corrected chi connectivity index (χ2v) is 6.51. The molecule has 112 valence electrons. The van der Waals surface area contributed by atoms with Gasteiger partial charge in [-0.1, -0.05) is 0 Å². The lowest BCUT2D eigenvalue weighted by molar-refractivity contribution is 0.592. The minimum atomic E-state index is -3.68. The third kappa shape index (κ3) is 3.63. The highest BCUT2D eigenvalue weighted by molar-refractivity contribution is 7.90. The minimum Gasteiger partial charge on any atom is -0.368 e. The number of nitrogens with two attached hydrogens (primary N) is 1. The lowest BCUT2D eigenvalue weighted by Gasteiger charge is -2.11. The van der Waals surface area contributed by atoms with Crippen molar-refractivity contribution in [3.63, 3.8) is 0 Å². The van der Waals surface area contributed by atoms with Crippen LogP contribution in [0, 0.1) is 5.82 Å². The Morgan fingerprint density at radius 2 is 1.76 bits per heavy atom. The van der Waals surface area contributed by atoms with Gasteiger partial charge < -0.3 is 10.6 Å². The summed E-state index contributed by atoms with van der Waals surface area (Å²) in [4.78, 5) is 13.3. The van der Waals surface area contributed by atoms with Crippen LogP contribution in [0.4, 0.5) is 16.3 Å². The Labute approximate surface area is 121 Å². The molecule has 0 radical (unpaired) electrons. The quantitative estimate of drug-likeness (QED) is 0.826. The Bertz CT molecular complexity index is 747. The number of anilines is 2. The predicted molar refractivity (Wildman–Crippen MR) is 75.9 cm³/mol. The molecule has 1 aromatic heterocycles. The summed E-state index contributed by atoms with van der Waals surface area (Å²) in [5, 5.41) is 0. The van der Waals surface area contributed by atoms with Gasteiger partial charge in [0.2, 0.25) is 11.9 Å². The summed E-state index contributed by atoms with van der Waals surface area (Å²) < 4.78 is 37.3. The van der Waals surface area contributed by atoms with Gasteiger partial charge in [-0.05, 0) is 24.3 Å². The summed E-state index contributed by atoms with van der Waals surface area (Å²) in [5.74, 6) is -0.694. The van der Waals surface area contributed by atoms with Crippen LogP contribution in [0.2, 0.25) is 0 Å². The zero-order chi connectivity index (χ0) is 15.6. The minimum absolute atomic E-state index is 0.00529. The van der Waals surface area contributed by atoms with Gasteiger partial charge in [-0.25, -0.2) is 12.8 Å². The number of hydrogen-bond acceptors (Lipinski definition) is 7. The van der Waals surface area contributed by atoms with Gasteiger partial charge in [0, 0.05) is 14.1 Å². The molecule has 0 atom stereocenters. The predicted octanol–water partition coefficient (Wildman–Crippen LogP) is 0.633. The molecule has 0 fully saturated rings. The van der Waals surface area contributed by atoms with Crippen molar-refractivity contribution in [3.05, 3.63) is 35.9 Å². The van der Waals surface area contributed by atoms with Crippen molar-refractivity contribution in [1.82, 2.24) is 15.0 Å². The third-order valence-corrected chi connectivity index (χ3v) is 4.21. The van der Waals surface area contributed by atoms with E-state index in [1.807, 2.05) is 0 Å². The summed E-state index contributed by atoms with van der Waals surface area (Å²) >= 11 is 0. The second kappa shape index (κ2) is 5.60. The van der Waals surface area contributed by atoms with Crippen LogP contribution in [0.1, 0.15) is 5.82 Å². The molecule has 2 N–H and O–H groups in total. The lowest BCUT2D eigenvalue weighted by atomic mass is 10.4. The molecular weight excluding hydrogens is 297 g/mol. The Morgan fingerprint density at radius 3 is 2.33 bits per heavy atom. The van der Waals surface area contributed by atoms with E-state index in [0.29, 0.717) is 0 Å². The molecule has 9 heteroatoms. The number of sulfone groups is 1. The fourth-order valence-electron chi connectivity index (χ4n) is 1.58. The van der Waals surface area contributed by atoms with Crippen molar-refractivity contribution >= 4 is 21.7 Å². The Hall–Kier alpha value is -2.29. The number of halogens is 1. The zero-order valence-corrected chi connectivity index (χ0v) is 12.3. The van der Waals surface area contributed by atoms with Gasteiger partial charge in [0.15, 0.2) is 15.7 Å². The van der Waals surface area contributed by atoms with Crippen LogP contribution in [-0.2, 0) is 15.6 Å². The molecule has 2 aromatic rings. The van der Waals surface area contributed by atoms with Gasteiger partial charge in [0.1, 0.15) is 11.6 Å². The van der Waals surface area contributed by atoms with Gasteiger partial charge in [0.25, 0.3) is 0 Å². The molecule has 0 saturated heterocycles. The Balaban J connectivity index is 2.34. The van der Waals surface area contributed by atoms with Crippen molar-refractivity contribution in [2.24, 2.45) is 0 Å². The summed E-state index contributed by atoms with van der Waals surface area (Å²) in [6.45, 7) is 0. The molecule has 0 aliphatic heterocycles. The van der Waals surface area contributed by atoms with Crippen molar-refractivity contribution < 1.29 is 12.8 Å². The van der Waals surface area contributed by atoms with Crippen LogP contribution in [0.5, 0.6) is 0 Å². The van der Waals surface area contributed by atoms with E-state index in [1.165, 1.54) is 12.1 Å². The summed E-state index contributed by atoms with van der Waals surface area (Å²) in [6, 6.07) is 4.56. The number of hydrogen-bond donors (Lipinski definition) is 1. The normalized spacial score (nSPS) is 11.4. The van der Waals surface area contributed by atoms with Crippen LogP contribution in [0.25, 0.3) is 0 Å². The zero-order valence-electron chi connectivity index (χ0n) is 11.5. The molecule has 0 amide bonds. The van der Waals surface area contributed by atoms with Crippen LogP contribution in [0.3, 0.4) is 0 Å². The molecule has 1 aromatic carbocycles. The molecule has 0 unspecified atom stereocenters. The third-order valence-electron chi connectivity index (χ3n) is 2.58. The molecule has 0 aliphatic rings. The second-order valence-electron chi connectivity index (χ2n) is 4.52. The molecule has 1 heterocycles. The molecular formula is C12H14FN5O2S. The standard InChI is InChI=1S/C12H14FN5O2S/c1-18(2)12-16-10(15-11(14)17-12)7-21(19,20)9-5-3-8(13)4-6-9/h3-6H,7H2,1-2H3,(H2,14,15,16,17). The van der Waals surface area contributed by atoms with Crippen LogP contribution in [-0.4, -0.2) is 37.5 Å². The van der Waals surface area contributed by atoms with Crippen molar-refractivity contribution in [3.8, 4) is 0 Å². The smallest absolute Gasteiger partial charge is 0.229 e. The highest BCUT2D eigenvalue weighted by atomic mass is 32.2. The number of nitrogens with zero attached hydrogens (tertiary/aromatic N) is 4. The van der Waals surface area contributed by atoms with E-state index in [0.717, 1.165) is 12.1 Å². The summed E-state index contributed by atoms with van der Waals surface area (Å²) in [6.07, 6.45) is 0. The lowest BCUT2D eigenvalue weighted by Crippen LogP contribution is -2.17. The van der Waals surface area contributed by atoms with Gasteiger partial charge in [-0.15, -0.1) is 0 Å². The van der Waals surface area contributed by atoms with E-state index in [2.05, 4.69) is 15.0 Å². The molecule has 0 spiro atoms. The van der Waals surface area contributed by atoms with Crippen LogP contribution >= 0.6 is 0 Å². The van der Waals surface area contributed by atoms with Crippen molar-refractivity contribution in [2.45, 2.75) is 10.6 Å². The first kappa shape index (κ1) is 15.1. The molecule has 0 bridgehead atoms. The van der Waals surface area contributed by atoms with Gasteiger partial charge in [-0.3, -0.25) is 0 Å². The Morgan fingerprint density at radius 1 is 1.14 bits per heavy atom. The van der Waals surface area contributed by atoms with E-state index >= 15 is 0 Å². The molecule has 7 nitrogen and oxygen atoms in total. The summed E-state index contributed by atoms with van der Waals surface area (Å²) in [7, 11) is -0.280. The van der Waals surface area contributed by atoms with E-state index in [-0.39, 0.29) is 22.6 Å². The van der Waals surface area contributed by atoms with Crippen molar-refractivity contribution in [2.75, 3.05) is 24.7 Å². The number of rotatable bonds is 4. The number of benzene rings is 1. The first-order chi connectivity index (χ1) is 9.78. The van der Waals surface area contributed by atoms with Gasteiger partial charge >= 0.3 is 0 Å². The summed E-state index contributed by atoms with van der Waals surface area (Å²) in [5.41, 5.74) is 5.54. The Kier molecular flexibility index (Phi) is 4.03. The van der Waals surface area contributed by atoms with Crippen LogP contribution < -0.4 is 10.6 Å². The highest BCUT2D eigenvalue weighted by Crippen LogP contribution is 2.16. The van der Waals surface area contributed by atoms with Gasteiger partial charge in [0.05, 0.1) is 4.90 Å². The topological polar surface area (TPSA) is 102 Å². The molecule has 0 aliphatic carbocycles. The largest absolute Gasteiger partial charge is 0.368 e. The monoisotopic (exact) mass is 311 g/mol. The van der Waals surface area contributed by atoms with Crippen LogP contribution in [0.15, 0.2) is 29.2 Å². The average Bonchev–Trinajstić information content (AvgIpc) is 2.37. The maximum atomic E-state index is 12.8. The van der Waals surface area contributed by atoms with Gasteiger partial charge in [-0.2, -0.15) is 15.0 Å². The fourth-order valence-corrected chi connectivity index (χ4v) is 2.77. The maximum Gasteiger partial charge on any atom is 0.229 e. The highest BCUT2D eigenvalue weighted by Gasteiger charge is 2.18. The number of nitrogen functional groups attached to an aromatic ring is 1. The van der Waals surface area contributed by atoms with Crippen molar-refractivity contribution in [1.29, 1.82) is 0 Å². The SMILES string of the molecule is CN(C)c1nc(N)nc(CS(=O)(=O)c2ccc(F)cc2)n1. The first-order valence-corrected chi connectivity index (χ1v) is 7.59. The molecule has 21 heavy (non-hydrogen) atoms. The number of aromatic nitrogens is 3. The van der Waals surface area contributed by atoms with E-state index < -0.39 is 21.4 Å². The molecule has 0 saturated carbocycles. The van der Waals surface area contributed by atoms with E-state index in [4.69, 9.17) is 5.73 Å². The fraction of sp³-hybridized carbons (Fsp3) is 0.250. The molecule has 2 rings (SSSR count). The maximum absolute atomic E-state index is 12.8. The first-order valence-electron chi connectivity index (χ1n) is 5.94. The average molecular weight is 311 g/mol. The van der Waals surface area contributed by atoms with E-state index in [9.17, 15) is 12.8 Å². The van der Waals surface area contributed by atoms with E-state index in [1.54, 1.807) is 19.0 Å².